The minimum atomic E-state index is -2.24. The van der Waals surface area contributed by atoms with Gasteiger partial charge in [0.15, 0.2) is 8.24 Å². The Kier molecular flexibility index (Phi) is 6.29. The van der Waals surface area contributed by atoms with Crippen LogP contribution in [0.1, 0.15) is 47.0 Å². The number of carbonyl (C=O) groups excluding carboxylic acids is 2. The number of rotatable bonds is 5. The molecule has 0 bridgehead atoms. The molecule has 2 heterocycles. The second kappa shape index (κ2) is 7.81. The lowest BCUT2D eigenvalue weighted by molar-refractivity contribution is -0.165. The van der Waals surface area contributed by atoms with Gasteiger partial charge in [0.25, 0.3) is 0 Å². The zero-order valence-corrected chi connectivity index (χ0v) is 18.4. The van der Waals surface area contributed by atoms with Gasteiger partial charge < -0.3 is 19.3 Å². The molecular weight excluding hydrogens is 364 g/mol. The SMILES string of the molecule is CCOC(=O)N1CCCC(CC2C(=O)N([Si](C)(C)C(C)(C)C)C2C(=O)O)C1. The largest absolute Gasteiger partial charge is 0.480 e. The third-order valence-electron chi connectivity index (χ3n) is 6.54. The van der Waals surface area contributed by atoms with Gasteiger partial charge in [0, 0.05) is 13.1 Å². The fourth-order valence-corrected chi connectivity index (χ4v) is 6.47. The van der Waals surface area contributed by atoms with Gasteiger partial charge in [0.05, 0.1) is 12.5 Å². The number of carboxylic acid groups (broad SMARTS) is 1. The average Bonchev–Trinajstić information content (AvgIpc) is 2.56. The van der Waals surface area contributed by atoms with Crippen LogP contribution in [0.25, 0.3) is 0 Å². The Morgan fingerprint density at radius 1 is 1.30 bits per heavy atom. The Morgan fingerprint density at radius 2 is 1.93 bits per heavy atom. The minimum Gasteiger partial charge on any atom is -0.480 e. The molecule has 3 unspecified atom stereocenters. The third-order valence-corrected chi connectivity index (χ3v) is 11.9. The summed E-state index contributed by atoms with van der Waals surface area (Å²) in [7, 11) is -2.24. The lowest BCUT2D eigenvalue weighted by Gasteiger charge is -2.57. The van der Waals surface area contributed by atoms with Gasteiger partial charge in [-0.2, -0.15) is 0 Å². The van der Waals surface area contributed by atoms with Crippen molar-refractivity contribution in [1.29, 1.82) is 0 Å². The Bertz CT molecular complexity index is 601. The Labute approximate surface area is 163 Å². The van der Waals surface area contributed by atoms with Crippen molar-refractivity contribution < 1.29 is 24.2 Å². The first-order valence-corrected chi connectivity index (χ1v) is 12.8. The van der Waals surface area contributed by atoms with E-state index in [2.05, 4.69) is 33.9 Å². The van der Waals surface area contributed by atoms with Gasteiger partial charge in [-0.15, -0.1) is 0 Å². The summed E-state index contributed by atoms with van der Waals surface area (Å²) in [6.45, 7) is 13.7. The first-order valence-electron chi connectivity index (χ1n) is 9.89. The van der Waals surface area contributed by atoms with Gasteiger partial charge in [-0.05, 0) is 37.1 Å². The minimum absolute atomic E-state index is 0.0257. The molecule has 0 saturated carbocycles. The molecule has 27 heavy (non-hydrogen) atoms. The molecule has 0 radical (unpaired) electrons. The van der Waals surface area contributed by atoms with E-state index in [1.54, 1.807) is 16.4 Å². The van der Waals surface area contributed by atoms with E-state index in [4.69, 9.17) is 4.74 Å². The number of hydrogen-bond donors (Lipinski definition) is 1. The quantitative estimate of drug-likeness (QED) is 0.568. The number of likely N-dealkylation sites (tertiary alicyclic amines) is 1. The summed E-state index contributed by atoms with van der Waals surface area (Å²) in [4.78, 5) is 38.6. The first kappa shape index (κ1) is 21.7. The molecule has 0 spiro atoms. The molecular formula is C19H34N2O5Si. The normalized spacial score (nSPS) is 26.6. The fourth-order valence-electron chi connectivity index (χ4n) is 4.04. The van der Waals surface area contributed by atoms with E-state index in [-0.39, 0.29) is 23.0 Å². The van der Waals surface area contributed by atoms with Crippen molar-refractivity contribution in [1.82, 2.24) is 9.47 Å². The Morgan fingerprint density at radius 3 is 2.44 bits per heavy atom. The molecule has 8 heteroatoms. The summed E-state index contributed by atoms with van der Waals surface area (Å²) in [6.07, 6.45) is 1.97. The highest BCUT2D eigenvalue weighted by molar-refractivity contribution is 6.80. The molecule has 154 valence electrons. The van der Waals surface area contributed by atoms with Crippen LogP contribution in [0.2, 0.25) is 18.1 Å². The third kappa shape index (κ3) is 4.15. The Balaban J connectivity index is 2.09. The number of ether oxygens (including phenoxy) is 1. The second-order valence-electron chi connectivity index (χ2n) is 9.30. The molecule has 7 nitrogen and oxygen atoms in total. The number of aliphatic carboxylic acids is 1. The van der Waals surface area contributed by atoms with E-state index in [0.29, 0.717) is 26.1 Å². The standard InChI is InChI=1S/C19H34N2O5Si/c1-7-26-18(25)20-10-8-9-13(12-20)11-14-15(17(23)24)21(16(14)22)27(5,6)19(2,3)4/h13-15H,7-12H2,1-6H3,(H,23,24). The van der Waals surface area contributed by atoms with E-state index in [1.807, 2.05) is 0 Å². The van der Waals surface area contributed by atoms with Crippen molar-refractivity contribution in [3.63, 3.8) is 0 Å². The maximum absolute atomic E-state index is 13.0. The van der Waals surface area contributed by atoms with Crippen molar-refractivity contribution in [2.75, 3.05) is 19.7 Å². The Hall–Kier alpha value is -1.57. The highest BCUT2D eigenvalue weighted by atomic mass is 28.3. The topological polar surface area (TPSA) is 87.2 Å². The molecule has 2 fully saturated rings. The highest BCUT2D eigenvalue weighted by Crippen LogP contribution is 2.46. The molecule has 0 aliphatic carbocycles. The molecule has 2 aliphatic heterocycles. The highest BCUT2D eigenvalue weighted by Gasteiger charge is 2.60. The predicted octanol–water partition coefficient (Wildman–Crippen LogP) is 3.16. The van der Waals surface area contributed by atoms with Gasteiger partial charge in [-0.1, -0.05) is 33.9 Å². The monoisotopic (exact) mass is 398 g/mol. The zero-order chi connectivity index (χ0) is 20.6. The van der Waals surface area contributed by atoms with Crippen LogP contribution in [0, 0.1) is 11.8 Å². The number of nitrogens with zero attached hydrogens (tertiary/aromatic N) is 2. The summed E-state index contributed by atoms with van der Waals surface area (Å²) in [5.41, 5.74) is 0. The lowest BCUT2D eigenvalue weighted by Crippen LogP contribution is -2.75. The van der Waals surface area contributed by atoms with Crippen LogP contribution in [0.4, 0.5) is 4.79 Å². The van der Waals surface area contributed by atoms with Gasteiger partial charge in [-0.3, -0.25) is 4.79 Å². The van der Waals surface area contributed by atoms with E-state index >= 15 is 0 Å². The number of hydrogen-bond acceptors (Lipinski definition) is 4. The van der Waals surface area contributed by atoms with E-state index in [0.717, 1.165) is 12.8 Å². The van der Waals surface area contributed by atoms with Crippen molar-refractivity contribution in [2.24, 2.45) is 11.8 Å². The molecule has 2 amide bonds. The fraction of sp³-hybridized carbons (Fsp3) is 0.842. The van der Waals surface area contributed by atoms with Gasteiger partial charge in [-0.25, -0.2) is 9.59 Å². The summed E-state index contributed by atoms with van der Waals surface area (Å²) in [6, 6.07) is -0.739. The molecule has 2 aliphatic rings. The average molecular weight is 399 g/mol. The van der Waals surface area contributed by atoms with Gasteiger partial charge in [0.1, 0.15) is 6.04 Å². The number of carbonyl (C=O) groups is 3. The lowest BCUT2D eigenvalue weighted by atomic mass is 9.80. The first-order chi connectivity index (χ1) is 12.4. The second-order valence-corrected chi connectivity index (χ2v) is 14.4. The van der Waals surface area contributed by atoms with Crippen molar-refractivity contribution in [3.8, 4) is 0 Å². The van der Waals surface area contributed by atoms with Crippen LogP contribution < -0.4 is 0 Å². The van der Waals surface area contributed by atoms with Gasteiger partial charge >= 0.3 is 12.1 Å². The molecule has 2 rings (SSSR count). The molecule has 0 aromatic heterocycles. The van der Waals surface area contributed by atoms with Crippen LogP contribution in [-0.2, 0) is 14.3 Å². The molecule has 1 N–H and O–H groups in total. The van der Waals surface area contributed by atoms with E-state index in [9.17, 15) is 19.5 Å². The van der Waals surface area contributed by atoms with Crippen molar-refractivity contribution in [2.45, 2.75) is 71.1 Å². The zero-order valence-electron chi connectivity index (χ0n) is 17.4. The maximum Gasteiger partial charge on any atom is 0.409 e. The molecule has 2 saturated heterocycles. The summed E-state index contributed by atoms with van der Waals surface area (Å²) < 4.78 is 6.76. The number of amides is 2. The van der Waals surface area contributed by atoms with Crippen molar-refractivity contribution in [3.05, 3.63) is 0 Å². The van der Waals surface area contributed by atoms with Crippen LogP contribution >= 0.6 is 0 Å². The molecule has 0 aromatic carbocycles. The smallest absolute Gasteiger partial charge is 0.409 e. The molecule has 0 aromatic rings. The summed E-state index contributed by atoms with van der Waals surface area (Å²) in [5.74, 6) is -1.28. The number of carboxylic acids is 1. The van der Waals surface area contributed by atoms with Crippen LogP contribution in [0.15, 0.2) is 0 Å². The number of β-lactam (4-membered cyclic amide) rings is 1. The summed E-state index contributed by atoms with van der Waals surface area (Å²) >= 11 is 0. The molecule has 3 atom stereocenters. The number of piperidine rings is 1. The van der Waals surface area contributed by atoms with Crippen molar-refractivity contribution >= 4 is 26.2 Å². The van der Waals surface area contributed by atoms with E-state index < -0.39 is 26.2 Å². The van der Waals surface area contributed by atoms with E-state index in [1.165, 1.54) is 0 Å². The van der Waals surface area contributed by atoms with Crippen LogP contribution in [-0.4, -0.2) is 66.5 Å². The van der Waals surface area contributed by atoms with Crippen LogP contribution in [0.5, 0.6) is 0 Å². The summed E-state index contributed by atoms with van der Waals surface area (Å²) in [5, 5.41) is 9.70. The maximum atomic E-state index is 13.0. The van der Waals surface area contributed by atoms with Crippen LogP contribution in [0.3, 0.4) is 0 Å². The predicted molar refractivity (Wildman–Crippen MR) is 105 cm³/mol. The van der Waals surface area contributed by atoms with Gasteiger partial charge in [0.2, 0.25) is 5.91 Å².